The third-order valence-corrected chi connectivity index (χ3v) is 5.95. The van der Waals surface area contributed by atoms with E-state index in [-0.39, 0.29) is 11.8 Å². The van der Waals surface area contributed by atoms with E-state index in [0.717, 1.165) is 36.5 Å². The minimum absolute atomic E-state index is 0.0235. The fourth-order valence-electron chi connectivity index (χ4n) is 3.82. The average molecular weight is 404 g/mol. The summed E-state index contributed by atoms with van der Waals surface area (Å²) in [6, 6.07) is 12.3. The normalized spacial score (nSPS) is 16.8. The maximum Gasteiger partial charge on any atom is 0.231 e. The number of amides is 1. The van der Waals surface area contributed by atoms with Gasteiger partial charge in [0.1, 0.15) is 18.0 Å². The second kappa shape index (κ2) is 7.63. The van der Waals surface area contributed by atoms with Gasteiger partial charge in [0.05, 0.1) is 11.4 Å². The predicted octanol–water partition coefficient (Wildman–Crippen LogP) is 3.73. The quantitative estimate of drug-likeness (QED) is 0.561. The van der Waals surface area contributed by atoms with Gasteiger partial charge in [0.2, 0.25) is 5.91 Å². The van der Waals surface area contributed by atoms with Crippen molar-refractivity contribution in [3.05, 3.63) is 60.5 Å². The van der Waals surface area contributed by atoms with Crippen LogP contribution in [0.15, 0.2) is 60.5 Å². The number of para-hydroxylation sites is 1. The lowest BCUT2D eigenvalue weighted by atomic mass is 9.97. The molecule has 0 saturated carbocycles. The number of piperidine rings is 1. The zero-order chi connectivity index (χ0) is 19.6. The number of rotatable bonds is 4. The van der Waals surface area contributed by atoms with Crippen LogP contribution in [0.2, 0.25) is 0 Å². The van der Waals surface area contributed by atoms with Crippen LogP contribution in [0, 0.1) is 5.92 Å². The van der Waals surface area contributed by atoms with Crippen molar-refractivity contribution < 1.29 is 4.79 Å². The molecule has 1 atom stereocenters. The van der Waals surface area contributed by atoms with Crippen LogP contribution in [0.1, 0.15) is 12.8 Å². The van der Waals surface area contributed by atoms with Crippen molar-refractivity contribution in [2.45, 2.75) is 12.8 Å². The van der Waals surface area contributed by atoms with Gasteiger partial charge in [0.25, 0.3) is 0 Å². The summed E-state index contributed by atoms with van der Waals surface area (Å²) in [6.45, 7) is 1.52. The third-order valence-electron chi connectivity index (χ3n) is 5.26. The molecular formula is C21H20N6OS. The lowest BCUT2D eigenvalue weighted by Crippen LogP contribution is -2.41. The molecule has 4 aromatic rings. The van der Waals surface area contributed by atoms with Gasteiger partial charge in [-0.05, 0) is 30.4 Å². The van der Waals surface area contributed by atoms with Crippen molar-refractivity contribution in [1.82, 2.24) is 19.5 Å². The van der Waals surface area contributed by atoms with Gasteiger partial charge in [0.15, 0.2) is 5.13 Å². The molecule has 8 heteroatoms. The van der Waals surface area contributed by atoms with Gasteiger partial charge in [-0.25, -0.2) is 15.0 Å². The highest BCUT2D eigenvalue weighted by Gasteiger charge is 2.27. The number of hydrogen-bond acceptors (Lipinski definition) is 6. The van der Waals surface area contributed by atoms with Crippen molar-refractivity contribution in [3.63, 3.8) is 0 Å². The van der Waals surface area contributed by atoms with E-state index in [0.29, 0.717) is 11.7 Å². The van der Waals surface area contributed by atoms with Crippen LogP contribution in [0.3, 0.4) is 0 Å². The molecule has 146 valence electrons. The van der Waals surface area contributed by atoms with Gasteiger partial charge in [-0.15, -0.1) is 11.3 Å². The largest absolute Gasteiger partial charge is 0.356 e. The fraction of sp³-hybridized carbons (Fsp3) is 0.238. The van der Waals surface area contributed by atoms with Crippen molar-refractivity contribution in [3.8, 4) is 5.82 Å². The molecule has 5 rings (SSSR count). The van der Waals surface area contributed by atoms with E-state index < -0.39 is 0 Å². The number of nitrogens with zero attached hydrogens (tertiary/aromatic N) is 5. The van der Waals surface area contributed by atoms with E-state index >= 15 is 0 Å². The Morgan fingerprint density at radius 3 is 2.93 bits per heavy atom. The molecule has 1 aromatic carbocycles. The first-order valence-corrected chi connectivity index (χ1v) is 10.5. The van der Waals surface area contributed by atoms with Gasteiger partial charge >= 0.3 is 0 Å². The molecule has 0 spiro atoms. The number of thiazole rings is 1. The van der Waals surface area contributed by atoms with Gasteiger partial charge in [0, 0.05) is 36.9 Å². The van der Waals surface area contributed by atoms with E-state index in [1.165, 1.54) is 16.7 Å². The summed E-state index contributed by atoms with van der Waals surface area (Å²) in [5, 5.41) is 6.60. The van der Waals surface area contributed by atoms with Crippen LogP contribution in [-0.2, 0) is 4.79 Å². The molecule has 1 saturated heterocycles. The maximum atomic E-state index is 12.6. The highest BCUT2D eigenvalue weighted by molar-refractivity contribution is 7.13. The minimum Gasteiger partial charge on any atom is -0.356 e. The molecule has 4 heterocycles. The summed E-state index contributed by atoms with van der Waals surface area (Å²) in [4.78, 5) is 27.9. The Bertz CT molecular complexity index is 1140. The number of carbonyl (C=O) groups is 1. The highest BCUT2D eigenvalue weighted by atomic mass is 32.1. The Hall–Kier alpha value is -3.26. The number of benzene rings is 1. The van der Waals surface area contributed by atoms with Crippen molar-refractivity contribution in [2.24, 2.45) is 5.92 Å². The predicted molar refractivity (Wildman–Crippen MR) is 115 cm³/mol. The molecule has 29 heavy (non-hydrogen) atoms. The van der Waals surface area contributed by atoms with Crippen LogP contribution in [0.5, 0.6) is 0 Å². The van der Waals surface area contributed by atoms with Crippen LogP contribution in [0.25, 0.3) is 16.7 Å². The Morgan fingerprint density at radius 1 is 1.14 bits per heavy atom. The van der Waals surface area contributed by atoms with Gasteiger partial charge in [-0.2, -0.15) is 0 Å². The van der Waals surface area contributed by atoms with Crippen molar-refractivity contribution in [1.29, 1.82) is 0 Å². The Labute approximate surface area is 172 Å². The summed E-state index contributed by atoms with van der Waals surface area (Å²) in [5.74, 6) is 1.61. The summed E-state index contributed by atoms with van der Waals surface area (Å²) < 4.78 is 2.07. The Balaban J connectivity index is 1.37. The Kier molecular flexibility index (Phi) is 4.69. The maximum absolute atomic E-state index is 12.6. The summed E-state index contributed by atoms with van der Waals surface area (Å²) in [5.41, 5.74) is 1.11. The zero-order valence-corrected chi connectivity index (χ0v) is 16.5. The molecule has 1 amide bonds. The summed E-state index contributed by atoms with van der Waals surface area (Å²) >= 11 is 1.43. The van der Waals surface area contributed by atoms with Crippen molar-refractivity contribution in [2.75, 3.05) is 23.3 Å². The molecule has 0 unspecified atom stereocenters. The molecule has 0 radical (unpaired) electrons. The number of fused-ring (bicyclic) bond motifs is 1. The molecule has 0 aliphatic carbocycles. The third kappa shape index (κ3) is 3.58. The monoisotopic (exact) mass is 404 g/mol. The molecule has 1 N–H and O–H groups in total. The highest BCUT2D eigenvalue weighted by Crippen LogP contribution is 2.25. The molecule has 7 nitrogen and oxygen atoms in total. The first kappa shape index (κ1) is 17.8. The Morgan fingerprint density at radius 2 is 2.03 bits per heavy atom. The molecule has 0 bridgehead atoms. The number of aromatic nitrogens is 4. The van der Waals surface area contributed by atoms with E-state index in [4.69, 9.17) is 0 Å². The number of anilines is 2. The zero-order valence-electron chi connectivity index (χ0n) is 15.7. The van der Waals surface area contributed by atoms with Crippen LogP contribution in [0.4, 0.5) is 10.9 Å². The fourth-order valence-corrected chi connectivity index (χ4v) is 4.35. The lowest BCUT2D eigenvalue weighted by Gasteiger charge is -2.32. The second-order valence-electron chi connectivity index (χ2n) is 7.09. The van der Waals surface area contributed by atoms with E-state index in [1.807, 2.05) is 29.8 Å². The van der Waals surface area contributed by atoms with Crippen LogP contribution >= 0.6 is 11.3 Å². The van der Waals surface area contributed by atoms with E-state index in [9.17, 15) is 4.79 Å². The molecule has 1 aliphatic heterocycles. The minimum atomic E-state index is -0.0847. The summed E-state index contributed by atoms with van der Waals surface area (Å²) in [7, 11) is 0. The number of carbonyl (C=O) groups excluding carboxylic acids is 1. The van der Waals surface area contributed by atoms with Crippen LogP contribution < -0.4 is 10.2 Å². The number of hydrogen-bond donors (Lipinski definition) is 1. The first-order valence-electron chi connectivity index (χ1n) is 9.62. The van der Waals surface area contributed by atoms with Crippen molar-refractivity contribution >= 4 is 39.1 Å². The van der Waals surface area contributed by atoms with Gasteiger partial charge in [-0.3, -0.25) is 4.79 Å². The molecular weight excluding hydrogens is 384 g/mol. The molecule has 1 aliphatic rings. The topological polar surface area (TPSA) is 75.9 Å². The average Bonchev–Trinajstić information content (AvgIpc) is 3.44. The smallest absolute Gasteiger partial charge is 0.231 e. The first-order chi connectivity index (χ1) is 14.3. The SMILES string of the molecule is O=C(Nc1nccs1)[C@@H]1CCCN(c2cc(-n3ccc4ccccc43)ncn2)C1. The van der Waals surface area contributed by atoms with E-state index in [2.05, 4.69) is 47.9 Å². The second-order valence-corrected chi connectivity index (χ2v) is 7.99. The number of nitrogens with one attached hydrogen (secondary N) is 1. The molecule has 3 aromatic heterocycles. The van der Waals surface area contributed by atoms with Gasteiger partial charge < -0.3 is 14.8 Å². The van der Waals surface area contributed by atoms with Gasteiger partial charge in [-0.1, -0.05) is 18.2 Å². The summed E-state index contributed by atoms with van der Waals surface area (Å²) in [6.07, 6.45) is 7.13. The van der Waals surface area contributed by atoms with E-state index in [1.54, 1.807) is 12.5 Å². The standard InChI is InChI=1S/C21H20N6OS/c28-20(25-21-22-8-11-29-21)16-5-3-9-26(13-16)18-12-19(24-14-23-18)27-10-7-15-4-1-2-6-17(15)27/h1-2,4,6-8,10-12,14,16H,3,5,9,13H2,(H,22,25,28)/t16-/m1/s1. The lowest BCUT2D eigenvalue weighted by molar-refractivity contribution is -0.120. The van der Waals surface area contributed by atoms with Crippen LogP contribution in [-0.4, -0.2) is 38.5 Å². The molecule has 1 fully saturated rings.